The van der Waals surface area contributed by atoms with Crippen molar-refractivity contribution in [1.82, 2.24) is 4.98 Å². The molecule has 1 atom stereocenters. The Morgan fingerprint density at radius 2 is 2.10 bits per heavy atom. The number of hydrogen-bond acceptors (Lipinski definition) is 4. The molecule has 2 rings (SSSR count). The number of ether oxygens (including phenoxy) is 1. The number of hydrogen-bond donors (Lipinski definition) is 1. The molecule has 0 spiro atoms. The van der Waals surface area contributed by atoms with Gasteiger partial charge in [-0.25, -0.2) is 0 Å². The van der Waals surface area contributed by atoms with Gasteiger partial charge < -0.3 is 15.4 Å². The van der Waals surface area contributed by atoms with Gasteiger partial charge >= 0.3 is 0 Å². The molecule has 0 saturated heterocycles. The van der Waals surface area contributed by atoms with Crippen molar-refractivity contribution in [2.24, 2.45) is 5.73 Å². The highest BCUT2D eigenvalue weighted by molar-refractivity contribution is 5.45. The summed E-state index contributed by atoms with van der Waals surface area (Å²) in [6, 6.07) is 12.2. The predicted molar refractivity (Wildman–Crippen MR) is 86.6 cm³/mol. The van der Waals surface area contributed by atoms with Gasteiger partial charge in [0.2, 0.25) is 0 Å². The largest absolute Gasteiger partial charge is 0.497 e. The molecule has 0 amide bonds. The minimum absolute atomic E-state index is 0.0164. The predicted octanol–water partition coefficient (Wildman–Crippen LogP) is 3.14. The number of nitrogens with zero attached hydrogens (tertiary/aromatic N) is 2. The van der Waals surface area contributed by atoms with E-state index in [1.807, 2.05) is 30.5 Å². The molecule has 1 aromatic heterocycles. The lowest BCUT2D eigenvalue weighted by Crippen LogP contribution is -2.17. The molecule has 0 aliphatic rings. The van der Waals surface area contributed by atoms with Crippen molar-refractivity contribution in [2.45, 2.75) is 25.9 Å². The lowest BCUT2D eigenvalue weighted by molar-refractivity contribution is 0.414. The summed E-state index contributed by atoms with van der Waals surface area (Å²) in [5, 5.41) is 0. The first-order valence-corrected chi connectivity index (χ1v) is 7.19. The summed E-state index contributed by atoms with van der Waals surface area (Å²) >= 11 is 0. The monoisotopic (exact) mass is 285 g/mol. The summed E-state index contributed by atoms with van der Waals surface area (Å²) in [6.45, 7) is 2.87. The molecule has 112 valence electrons. The second-order valence-corrected chi connectivity index (χ2v) is 5.16. The van der Waals surface area contributed by atoms with Crippen LogP contribution in [0.25, 0.3) is 0 Å². The van der Waals surface area contributed by atoms with Crippen molar-refractivity contribution in [1.29, 1.82) is 0 Å². The van der Waals surface area contributed by atoms with Crippen LogP contribution in [-0.4, -0.2) is 19.1 Å². The van der Waals surface area contributed by atoms with E-state index in [4.69, 9.17) is 10.5 Å². The summed E-state index contributed by atoms with van der Waals surface area (Å²) < 4.78 is 5.25. The minimum atomic E-state index is 0.0164. The fraction of sp³-hybridized carbons (Fsp3) is 0.353. The van der Waals surface area contributed by atoms with Gasteiger partial charge in [-0.1, -0.05) is 19.1 Å². The topological polar surface area (TPSA) is 51.4 Å². The molecule has 2 aromatic rings. The molecule has 21 heavy (non-hydrogen) atoms. The lowest BCUT2D eigenvalue weighted by Gasteiger charge is -2.20. The van der Waals surface area contributed by atoms with E-state index in [9.17, 15) is 0 Å². The van der Waals surface area contributed by atoms with Crippen molar-refractivity contribution in [3.8, 4) is 5.75 Å². The standard InChI is InChI=1S/C17H23N3O/c1-4-16(18)17-9-8-14(11-19-17)20(2)12-13-6-5-7-15(10-13)21-3/h5-11,16H,4,12,18H2,1-3H3. The van der Waals surface area contributed by atoms with Crippen LogP contribution >= 0.6 is 0 Å². The van der Waals surface area contributed by atoms with E-state index < -0.39 is 0 Å². The van der Waals surface area contributed by atoms with Crippen LogP contribution in [0.5, 0.6) is 5.75 Å². The zero-order valence-electron chi connectivity index (χ0n) is 12.9. The van der Waals surface area contributed by atoms with Crippen LogP contribution in [0.1, 0.15) is 30.6 Å². The second-order valence-electron chi connectivity index (χ2n) is 5.16. The van der Waals surface area contributed by atoms with Crippen LogP contribution in [0.15, 0.2) is 42.6 Å². The summed E-state index contributed by atoms with van der Waals surface area (Å²) in [5.74, 6) is 0.878. The van der Waals surface area contributed by atoms with Gasteiger partial charge in [0.25, 0.3) is 0 Å². The molecule has 0 fully saturated rings. The van der Waals surface area contributed by atoms with Crippen molar-refractivity contribution < 1.29 is 4.74 Å². The van der Waals surface area contributed by atoms with Gasteiger partial charge in [0.1, 0.15) is 5.75 Å². The van der Waals surface area contributed by atoms with E-state index in [0.717, 1.165) is 30.1 Å². The fourth-order valence-corrected chi connectivity index (χ4v) is 2.19. The van der Waals surface area contributed by atoms with Crippen molar-refractivity contribution in [2.75, 3.05) is 19.1 Å². The highest BCUT2D eigenvalue weighted by Gasteiger charge is 2.07. The third-order valence-corrected chi connectivity index (χ3v) is 3.59. The molecule has 4 nitrogen and oxygen atoms in total. The average molecular weight is 285 g/mol. The van der Waals surface area contributed by atoms with Crippen molar-refractivity contribution in [3.63, 3.8) is 0 Å². The molecule has 1 aromatic carbocycles. The first-order valence-electron chi connectivity index (χ1n) is 7.19. The maximum atomic E-state index is 5.99. The summed E-state index contributed by atoms with van der Waals surface area (Å²) in [4.78, 5) is 6.61. The van der Waals surface area contributed by atoms with Crippen molar-refractivity contribution >= 4 is 5.69 Å². The van der Waals surface area contributed by atoms with Gasteiger partial charge in [-0.05, 0) is 36.2 Å². The van der Waals surface area contributed by atoms with Gasteiger partial charge in [0, 0.05) is 19.6 Å². The zero-order chi connectivity index (χ0) is 15.2. The molecule has 4 heteroatoms. The van der Waals surface area contributed by atoms with E-state index in [1.54, 1.807) is 7.11 Å². The van der Waals surface area contributed by atoms with E-state index in [1.165, 1.54) is 5.56 Å². The van der Waals surface area contributed by atoms with E-state index in [2.05, 4.69) is 36.0 Å². The SMILES string of the molecule is CCC(N)c1ccc(N(C)Cc2cccc(OC)c2)cn1. The third-order valence-electron chi connectivity index (χ3n) is 3.59. The zero-order valence-corrected chi connectivity index (χ0v) is 12.9. The van der Waals surface area contributed by atoms with Crippen LogP contribution in [0, 0.1) is 0 Å². The minimum Gasteiger partial charge on any atom is -0.497 e. The molecule has 0 aliphatic heterocycles. The van der Waals surface area contributed by atoms with E-state index in [0.29, 0.717) is 0 Å². The average Bonchev–Trinajstić information content (AvgIpc) is 2.54. The van der Waals surface area contributed by atoms with Crippen LogP contribution in [0.3, 0.4) is 0 Å². The Kier molecular flexibility index (Phi) is 5.17. The number of anilines is 1. The molecule has 1 unspecified atom stereocenters. The van der Waals surface area contributed by atoms with E-state index >= 15 is 0 Å². The molecular formula is C17H23N3O. The number of pyridine rings is 1. The Balaban J connectivity index is 2.07. The number of methoxy groups -OCH3 is 1. The Labute approximate surface area is 126 Å². The Hall–Kier alpha value is -2.07. The van der Waals surface area contributed by atoms with Crippen molar-refractivity contribution in [3.05, 3.63) is 53.9 Å². The van der Waals surface area contributed by atoms with Crippen LogP contribution in [0.2, 0.25) is 0 Å². The fourth-order valence-electron chi connectivity index (χ4n) is 2.19. The molecule has 0 saturated carbocycles. The smallest absolute Gasteiger partial charge is 0.119 e. The Morgan fingerprint density at radius 1 is 1.29 bits per heavy atom. The molecule has 1 heterocycles. The normalized spacial score (nSPS) is 12.0. The number of rotatable bonds is 6. The Morgan fingerprint density at radius 3 is 2.71 bits per heavy atom. The molecule has 2 N–H and O–H groups in total. The maximum absolute atomic E-state index is 5.99. The van der Waals surface area contributed by atoms with Gasteiger partial charge in [0.05, 0.1) is 24.7 Å². The maximum Gasteiger partial charge on any atom is 0.119 e. The molecule has 0 bridgehead atoms. The van der Waals surface area contributed by atoms with Gasteiger partial charge in [-0.15, -0.1) is 0 Å². The number of nitrogens with two attached hydrogens (primary N) is 1. The molecule has 0 aliphatic carbocycles. The Bertz CT molecular complexity index is 569. The highest BCUT2D eigenvalue weighted by atomic mass is 16.5. The molecular weight excluding hydrogens is 262 g/mol. The van der Waals surface area contributed by atoms with Gasteiger partial charge in [0.15, 0.2) is 0 Å². The summed E-state index contributed by atoms with van der Waals surface area (Å²) in [6.07, 6.45) is 2.77. The lowest BCUT2D eigenvalue weighted by atomic mass is 10.1. The summed E-state index contributed by atoms with van der Waals surface area (Å²) in [7, 11) is 3.73. The van der Waals surface area contributed by atoms with E-state index in [-0.39, 0.29) is 6.04 Å². The van der Waals surface area contributed by atoms with Gasteiger partial charge in [-0.3, -0.25) is 4.98 Å². The van der Waals surface area contributed by atoms with Crippen LogP contribution in [0.4, 0.5) is 5.69 Å². The number of benzene rings is 1. The first-order chi connectivity index (χ1) is 10.1. The molecule has 0 radical (unpaired) electrons. The third kappa shape index (κ3) is 3.95. The first kappa shape index (κ1) is 15.3. The second kappa shape index (κ2) is 7.09. The highest BCUT2D eigenvalue weighted by Crippen LogP contribution is 2.19. The van der Waals surface area contributed by atoms with Crippen LogP contribution in [-0.2, 0) is 6.54 Å². The van der Waals surface area contributed by atoms with Gasteiger partial charge in [-0.2, -0.15) is 0 Å². The quantitative estimate of drug-likeness (QED) is 0.886. The summed E-state index contributed by atoms with van der Waals surface area (Å²) in [5.41, 5.74) is 9.20. The van der Waals surface area contributed by atoms with Crippen LogP contribution < -0.4 is 15.4 Å². The number of aromatic nitrogens is 1.